The minimum absolute atomic E-state index is 0.249. The van der Waals surface area contributed by atoms with Crippen molar-refractivity contribution in [2.45, 2.75) is 25.6 Å². The number of piperidine rings is 1. The molecular weight excluding hydrogens is 348 g/mol. The van der Waals surface area contributed by atoms with Crippen LogP contribution in [0.3, 0.4) is 0 Å². The molecule has 1 aromatic heterocycles. The zero-order valence-electron chi connectivity index (χ0n) is 15.1. The molecule has 2 saturated heterocycles. The van der Waals surface area contributed by atoms with Gasteiger partial charge in [-0.15, -0.1) is 0 Å². The fourth-order valence-electron chi connectivity index (χ4n) is 3.48. The maximum Gasteiger partial charge on any atom is 0.335 e. The third-order valence-corrected chi connectivity index (χ3v) is 4.89. The molecule has 0 unspecified atom stereocenters. The van der Waals surface area contributed by atoms with Crippen LogP contribution in [-0.4, -0.2) is 53.1 Å². The first kappa shape index (κ1) is 17.7. The molecular formula is C19H22N4O4. The van der Waals surface area contributed by atoms with Gasteiger partial charge in [-0.25, -0.2) is 14.8 Å². The number of aryl methyl sites for hydroxylation is 1. The Bertz CT molecular complexity index is 824. The van der Waals surface area contributed by atoms with Crippen LogP contribution in [0.2, 0.25) is 0 Å². The molecule has 2 aliphatic heterocycles. The Morgan fingerprint density at radius 3 is 2.44 bits per heavy atom. The van der Waals surface area contributed by atoms with Crippen LogP contribution in [0.25, 0.3) is 0 Å². The minimum Gasteiger partial charge on any atom is -0.478 e. The van der Waals surface area contributed by atoms with Crippen molar-refractivity contribution in [1.82, 2.24) is 9.97 Å². The summed E-state index contributed by atoms with van der Waals surface area (Å²) in [5.74, 6) is 0.853. The first-order valence-corrected chi connectivity index (χ1v) is 9.02. The lowest BCUT2D eigenvalue weighted by Crippen LogP contribution is -2.45. The number of nitrogens with zero attached hydrogens (tertiary/aromatic N) is 3. The molecule has 142 valence electrons. The van der Waals surface area contributed by atoms with Crippen molar-refractivity contribution in [2.24, 2.45) is 0 Å². The lowest BCUT2D eigenvalue weighted by Gasteiger charge is -2.38. The standard InChI is InChI=1S/C19H22N4O4/c1-13-20-16(22-15-4-2-14(3-5-15)18(24)25)12-17(21-13)23-8-6-19(7-9-23)26-10-11-27-19/h2-5,12H,6-11H2,1H3,(H,24,25)(H,20,21,22). The highest BCUT2D eigenvalue weighted by molar-refractivity contribution is 5.88. The average molecular weight is 370 g/mol. The first-order valence-electron chi connectivity index (χ1n) is 9.02. The van der Waals surface area contributed by atoms with E-state index in [1.165, 1.54) is 0 Å². The van der Waals surface area contributed by atoms with Gasteiger partial charge in [-0.1, -0.05) is 0 Å². The maximum absolute atomic E-state index is 11.0. The summed E-state index contributed by atoms with van der Waals surface area (Å²) in [7, 11) is 0. The number of aromatic carboxylic acids is 1. The summed E-state index contributed by atoms with van der Waals surface area (Å²) in [4.78, 5) is 22.2. The van der Waals surface area contributed by atoms with Gasteiger partial charge in [0.2, 0.25) is 0 Å². The monoisotopic (exact) mass is 370 g/mol. The van der Waals surface area contributed by atoms with Gasteiger partial charge in [0.15, 0.2) is 5.79 Å². The van der Waals surface area contributed by atoms with Crippen molar-refractivity contribution < 1.29 is 19.4 Å². The topological polar surface area (TPSA) is 96.8 Å². The summed E-state index contributed by atoms with van der Waals surface area (Å²) in [5, 5.41) is 12.2. The molecule has 0 saturated carbocycles. The van der Waals surface area contributed by atoms with Crippen LogP contribution in [0.5, 0.6) is 0 Å². The number of anilines is 3. The SMILES string of the molecule is Cc1nc(Nc2ccc(C(=O)O)cc2)cc(N2CCC3(CC2)OCCO3)n1. The number of carboxylic acids is 1. The van der Waals surface area contributed by atoms with Crippen molar-refractivity contribution >= 4 is 23.3 Å². The molecule has 3 heterocycles. The Kier molecular flexibility index (Phi) is 4.67. The van der Waals surface area contributed by atoms with E-state index in [1.54, 1.807) is 24.3 Å². The molecule has 1 spiro atoms. The number of ether oxygens (including phenoxy) is 2. The molecule has 2 aromatic rings. The number of benzene rings is 1. The minimum atomic E-state index is -0.945. The molecule has 0 aliphatic carbocycles. The van der Waals surface area contributed by atoms with Gasteiger partial charge in [-0.05, 0) is 31.2 Å². The molecule has 1 aromatic carbocycles. The molecule has 4 rings (SSSR count). The second-order valence-electron chi connectivity index (χ2n) is 6.76. The van der Waals surface area contributed by atoms with Gasteiger partial charge in [0.1, 0.15) is 17.5 Å². The Labute approximate surface area is 157 Å². The van der Waals surface area contributed by atoms with Crippen LogP contribution in [0, 0.1) is 6.92 Å². The summed E-state index contributed by atoms with van der Waals surface area (Å²) in [5.41, 5.74) is 1.02. The molecule has 0 atom stereocenters. The van der Waals surface area contributed by atoms with Crippen molar-refractivity contribution in [3.8, 4) is 0 Å². The molecule has 8 heteroatoms. The molecule has 27 heavy (non-hydrogen) atoms. The molecule has 2 fully saturated rings. The van der Waals surface area contributed by atoms with Crippen LogP contribution in [0.1, 0.15) is 29.0 Å². The van der Waals surface area contributed by atoms with Crippen molar-refractivity contribution in [1.29, 1.82) is 0 Å². The van der Waals surface area contributed by atoms with E-state index in [-0.39, 0.29) is 5.56 Å². The zero-order chi connectivity index (χ0) is 18.9. The van der Waals surface area contributed by atoms with E-state index in [0.29, 0.717) is 24.9 Å². The lowest BCUT2D eigenvalue weighted by molar-refractivity contribution is -0.169. The highest BCUT2D eigenvalue weighted by Crippen LogP contribution is 2.33. The molecule has 8 nitrogen and oxygen atoms in total. The van der Waals surface area contributed by atoms with Gasteiger partial charge in [0, 0.05) is 37.7 Å². The zero-order valence-corrected chi connectivity index (χ0v) is 15.1. The predicted molar refractivity (Wildman–Crippen MR) is 99.5 cm³/mol. The Balaban J connectivity index is 1.47. The fourth-order valence-corrected chi connectivity index (χ4v) is 3.48. The Morgan fingerprint density at radius 2 is 1.81 bits per heavy atom. The van der Waals surface area contributed by atoms with E-state index >= 15 is 0 Å². The van der Waals surface area contributed by atoms with Crippen molar-refractivity contribution in [2.75, 3.05) is 36.5 Å². The number of nitrogens with one attached hydrogen (secondary N) is 1. The van der Waals surface area contributed by atoms with Crippen molar-refractivity contribution in [3.05, 3.63) is 41.7 Å². The van der Waals surface area contributed by atoms with Crippen molar-refractivity contribution in [3.63, 3.8) is 0 Å². The summed E-state index contributed by atoms with van der Waals surface area (Å²) in [6.07, 6.45) is 1.63. The van der Waals surface area contributed by atoms with E-state index in [2.05, 4.69) is 20.2 Å². The summed E-state index contributed by atoms with van der Waals surface area (Å²) in [6.45, 7) is 4.81. The largest absolute Gasteiger partial charge is 0.478 e. The summed E-state index contributed by atoms with van der Waals surface area (Å²) in [6, 6.07) is 8.48. The average Bonchev–Trinajstić information content (AvgIpc) is 3.10. The Hall–Kier alpha value is -2.71. The molecule has 0 bridgehead atoms. The van der Waals surface area contributed by atoms with Crippen LogP contribution in [0.15, 0.2) is 30.3 Å². The van der Waals surface area contributed by atoms with E-state index < -0.39 is 11.8 Å². The van der Waals surface area contributed by atoms with Gasteiger partial charge in [-0.2, -0.15) is 0 Å². The van der Waals surface area contributed by atoms with Crippen LogP contribution in [-0.2, 0) is 9.47 Å². The first-order chi connectivity index (χ1) is 13.0. The molecule has 0 radical (unpaired) electrons. The molecule has 0 amide bonds. The highest BCUT2D eigenvalue weighted by Gasteiger charge is 2.40. The number of aromatic nitrogens is 2. The van der Waals surface area contributed by atoms with Crippen LogP contribution < -0.4 is 10.2 Å². The number of rotatable bonds is 4. The third-order valence-electron chi connectivity index (χ3n) is 4.89. The van der Waals surface area contributed by atoms with Gasteiger partial charge >= 0.3 is 5.97 Å². The number of hydrogen-bond donors (Lipinski definition) is 2. The van der Waals surface area contributed by atoms with E-state index in [1.807, 2.05) is 13.0 Å². The lowest BCUT2D eigenvalue weighted by atomic mass is 10.0. The second-order valence-corrected chi connectivity index (χ2v) is 6.76. The van der Waals surface area contributed by atoms with Gasteiger partial charge < -0.3 is 24.8 Å². The van der Waals surface area contributed by atoms with Gasteiger partial charge in [0.05, 0.1) is 18.8 Å². The van der Waals surface area contributed by atoms with E-state index in [0.717, 1.165) is 37.4 Å². The highest BCUT2D eigenvalue weighted by atomic mass is 16.7. The summed E-state index contributed by atoms with van der Waals surface area (Å²) >= 11 is 0. The van der Waals surface area contributed by atoms with Crippen LogP contribution in [0.4, 0.5) is 17.3 Å². The van der Waals surface area contributed by atoms with E-state index in [4.69, 9.17) is 14.6 Å². The second kappa shape index (κ2) is 7.13. The third kappa shape index (κ3) is 3.86. The number of carbonyl (C=O) groups is 1. The molecule has 2 aliphatic rings. The quantitative estimate of drug-likeness (QED) is 0.848. The molecule has 2 N–H and O–H groups in total. The van der Waals surface area contributed by atoms with Gasteiger partial charge in [-0.3, -0.25) is 0 Å². The number of hydrogen-bond acceptors (Lipinski definition) is 7. The predicted octanol–water partition coefficient (Wildman–Crippen LogP) is 2.57. The number of carboxylic acid groups (broad SMARTS) is 1. The van der Waals surface area contributed by atoms with E-state index in [9.17, 15) is 4.79 Å². The smallest absolute Gasteiger partial charge is 0.335 e. The fraction of sp³-hybridized carbons (Fsp3) is 0.421. The van der Waals surface area contributed by atoms with Crippen LogP contribution >= 0.6 is 0 Å². The maximum atomic E-state index is 11.0. The normalized spacial score (nSPS) is 18.6. The van der Waals surface area contributed by atoms with Gasteiger partial charge in [0.25, 0.3) is 0 Å². The Morgan fingerprint density at radius 1 is 1.15 bits per heavy atom. The summed E-state index contributed by atoms with van der Waals surface area (Å²) < 4.78 is 11.6.